The van der Waals surface area contributed by atoms with Crippen LogP contribution in [0.2, 0.25) is 0 Å². The standard InChI is InChI=1S/C11H12N2OS/c1-14-9-4-2-3-8(5-9)11-10(6-12)13-7-15-11/h2-5,7H,6,12H2,1H3. The Balaban J connectivity index is 2.44. The molecule has 0 amide bonds. The van der Waals surface area contributed by atoms with Gasteiger partial charge in [0.05, 0.1) is 23.2 Å². The second kappa shape index (κ2) is 4.42. The average Bonchev–Trinajstić information content (AvgIpc) is 2.77. The number of ether oxygens (including phenoxy) is 1. The Morgan fingerprint density at radius 1 is 1.47 bits per heavy atom. The van der Waals surface area contributed by atoms with E-state index >= 15 is 0 Å². The highest BCUT2D eigenvalue weighted by Crippen LogP contribution is 2.29. The number of benzene rings is 1. The van der Waals surface area contributed by atoms with Crippen LogP contribution in [0.15, 0.2) is 29.8 Å². The molecule has 0 radical (unpaired) electrons. The van der Waals surface area contributed by atoms with Crippen LogP contribution < -0.4 is 10.5 Å². The summed E-state index contributed by atoms with van der Waals surface area (Å²) in [6.07, 6.45) is 0. The molecular weight excluding hydrogens is 208 g/mol. The van der Waals surface area contributed by atoms with Crippen molar-refractivity contribution < 1.29 is 4.74 Å². The Kier molecular flexibility index (Phi) is 2.99. The van der Waals surface area contributed by atoms with E-state index in [4.69, 9.17) is 10.5 Å². The number of hydrogen-bond donors (Lipinski definition) is 1. The maximum atomic E-state index is 5.62. The van der Waals surface area contributed by atoms with Gasteiger partial charge in [-0.25, -0.2) is 4.98 Å². The zero-order chi connectivity index (χ0) is 10.7. The molecule has 2 rings (SSSR count). The third-order valence-corrected chi connectivity index (χ3v) is 3.08. The molecule has 4 heteroatoms. The van der Waals surface area contributed by atoms with Crippen molar-refractivity contribution in [1.29, 1.82) is 0 Å². The van der Waals surface area contributed by atoms with Crippen molar-refractivity contribution >= 4 is 11.3 Å². The van der Waals surface area contributed by atoms with Crippen molar-refractivity contribution in [3.63, 3.8) is 0 Å². The van der Waals surface area contributed by atoms with Crippen LogP contribution >= 0.6 is 11.3 Å². The van der Waals surface area contributed by atoms with Gasteiger partial charge in [0.2, 0.25) is 0 Å². The van der Waals surface area contributed by atoms with Crippen LogP contribution in [0.1, 0.15) is 5.69 Å². The van der Waals surface area contributed by atoms with Crippen LogP contribution in [-0.2, 0) is 6.54 Å². The molecule has 0 aliphatic carbocycles. The minimum Gasteiger partial charge on any atom is -0.497 e. The normalized spacial score (nSPS) is 10.3. The third kappa shape index (κ3) is 2.00. The van der Waals surface area contributed by atoms with Crippen molar-refractivity contribution in [3.8, 4) is 16.2 Å². The van der Waals surface area contributed by atoms with E-state index in [1.165, 1.54) is 0 Å². The molecule has 0 saturated carbocycles. The fraction of sp³-hybridized carbons (Fsp3) is 0.182. The molecule has 2 N–H and O–H groups in total. The van der Waals surface area contributed by atoms with Gasteiger partial charge in [-0.2, -0.15) is 0 Å². The zero-order valence-corrected chi connectivity index (χ0v) is 9.25. The van der Waals surface area contributed by atoms with Crippen LogP contribution in [0.5, 0.6) is 5.75 Å². The van der Waals surface area contributed by atoms with E-state index in [1.54, 1.807) is 18.4 Å². The highest BCUT2D eigenvalue weighted by atomic mass is 32.1. The number of thiazole rings is 1. The van der Waals surface area contributed by atoms with Gasteiger partial charge in [-0.05, 0) is 17.7 Å². The maximum Gasteiger partial charge on any atom is 0.119 e. The van der Waals surface area contributed by atoms with E-state index in [2.05, 4.69) is 4.98 Å². The van der Waals surface area contributed by atoms with Gasteiger partial charge in [0.1, 0.15) is 5.75 Å². The Labute approximate surface area is 92.5 Å². The number of nitrogens with two attached hydrogens (primary N) is 1. The number of rotatable bonds is 3. The topological polar surface area (TPSA) is 48.1 Å². The molecule has 2 aromatic rings. The number of hydrogen-bond acceptors (Lipinski definition) is 4. The van der Waals surface area contributed by atoms with Gasteiger partial charge < -0.3 is 10.5 Å². The summed E-state index contributed by atoms with van der Waals surface area (Å²) in [5.74, 6) is 0.851. The van der Waals surface area contributed by atoms with Gasteiger partial charge in [0, 0.05) is 6.54 Å². The molecule has 0 fully saturated rings. The van der Waals surface area contributed by atoms with E-state index in [-0.39, 0.29) is 0 Å². The largest absolute Gasteiger partial charge is 0.497 e. The average molecular weight is 220 g/mol. The molecule has 3 nitrogen and oxygen atoms in total. The molecule has 0 unspecified atom stereocenters. The molecule has 0 saturated heterocycles. The van der Waals surface area contributed by atoms with E-state index in [9.17, 15) is 0 Å². The lowest BCUT2D eigenvalue weighted by molar-refractivity contribution is 0.415. The molecular formula is C11H12N2OS. The fourth-order valence-electron chi connectivity index (χ4n) is 1.41. The Bertz CT molecular complexity index is 453. The van der Waals surface area contributed by atoms with Gasteiger partial charge in [0.25, 0.3) is 0 Å². The second-order valence-corrected chi connectivity index (χ2v) is 3.92. The first-order valence-corrected chi connectivity index (χ1v) is 5.50. The monoisotopic (exact) mass is 220 g/mol. The smallest absolute Gasteiger partial charge is 0.119 e. The molecule has 0 spiro atoms. The summed E-state index contributed by atoms with van der Waals surface area (Å²) in [4.78, 5) is 5.34. The summed E-state index contributed by atoms with van der Waals surface area (Å²) in [6, 6.07) is 7.92. The van der Waals surface area contributed by atoms with Crippen molar-refractivity contribution in [2.24, 2.45) is 5.73 Å². The summed E-state index contributed by atoms with van der Waals surface area (Å²) in [5, 5.41) is 0. The van der Waals surface area contributed by atoms with Gasteiger partial charge in [-0.1, -0.05) is 12.1 Å². The van der Waals surface area contributed by atoms with Crippen LogP contribution in [0, 0.1) is 0 Å². The maximum absolute atomic E-state index is 5.62. The van der Waals surface area contributed by atoms with Crippen molar-refractivity contribution in [3.05, 3.63) is 35.5 Å². The van der Waals surface area contributed by atoms with Crippen LogP contribution in [0.4, 0.5) is 0 Å². The van der Waals surface area contributed by atoms with E-state index in [0.717, 1.165) is 21.9 Å². The first-order chi connectivity index (χ1) is 7.35. The molecule has 1 aromatic heterocycles. The molecule has 0 aliphatic heterocycles. The quantitative estimate of drug-likeness (QED) is 0.863. The lowest BCUT2D eigenvalue weighted by Crippen LogP contribution is -1.97. The third-order valence-electron chi connectivity index (χ3n) is 2.17. The number of nitrogens with zero attached hydrogens (tertiary/aromatic N) is 1. The molecule has 0 atom stereocenters. The Hall–Kier alpha value is -1.39. The molecule has 0 bridgehead atoms. The van der Waals surface area contributed by atoms with Crippen LogP contribution in [0.25, 0.3) is 10.4 Å². The lowest BCUT2D eigenvalue weighted by atomic mass is 10.1. The summed E-state index contributed by atoms with van der Waals surface area (Å²) in [7, 11) is 1.66. The first kappa shape index (κ1) is 10.1. The van der Waals surface area contributed by atoms with Crippen molar-refractivity contribution in [2.45, 2.75) is 6.54 Å². The fourth-order valence-corrected chi connectivity index (χ4v) is 2.23. The molecule has 0 aliphatic rings. The highest BCUT2D eigenvalue weighted by molar-refractivity contribution is 7.13. The molecule has 1 aromatic carbocycles. The van der Waals surface area contributed by atoms with Crippen molar-refractivity contribution in [2.75, 3.05) is 7.11 Å². The summed E-state index contributed by atoms with van der Waals surface area (Å²) in [5.41, 5.74) is 9.48. The highest BCUT2D eigenvalue weighted by Gasteiger charge is 2.07. The summed E-state index contributed by atoms with van der Waals surface area (Å²) in [6.45, 7) is 0.468. The first-order valence-electron chi connectivity index (χ1n) is 4.62. The predicted molar refractivity (Wildman–Crippen MR) is 62.0 cm³/mol. The van der Waals surface area contributed by atoms with Crippen LogP contribution in [0.3, 0.4) is 0 Å². The molecule has 1 heterocycles. The van der Waals surface area contributed by atoms with Crippen molar-refractivity contribution in [1.82, 2.24) is 4.98 Å². The van der Waals surface area contributed by atoms with Gasteiger partial charge >= 0.3 is 0 Å². The summed E-state index contributed by atoms with van der Waals surface area (Å²) >= 11 is 1.60. The lowest BCUT2D eigenvalue weighted by Gasteiger charge is -2.03. The second-order valence-electron chi connectivity index (χ2n) is 3.06. The SMILES string of the molecule is COc1cccc(-c2scnc2CN)c1. The van der Waals surface area contributed by atoms with E-state index < -0.39 is 0 Å². The van der Waals surface area contributed by atoms with Gasteiger partial charge in [0.15, 0.2) is 0 Å². The number of methoxy groups -OCH3 is 1. The van der Waals surface area contributed by atoms with E-state index in [1.807, 2.05) is 29.8 Å². The van der Waals surface area contributed by atoms with Crippen LogP contribution in [-0.4, -0.2) is 12.1 Å². The Morgan fingerprint density at radius 2 is 2.33 bits per heavy atom. The molecule has 78 valence electrons. The minimum absolute atomic E-state index is 0.468. The molecule has 15 heavy (non-hydrogen) atoms. The minimum atomic E-state index is 0.468. The Morgan fingerprint density at radius 3 is 3.07 bits per heavy atom. The van der Waals surface area contributed by atoms with Gasteiger partial charge in [-0.15, -0.1) is 11.3 Å². The van der Waals surface area contributed by atoms with Gasteiger partial charge in [-0.3, -0.25) is 0 Å². The number of aromatic nitrogens is 1. The predicted octanol–water partition coefficient (Wildman–Crippen LogP) is 2.28. The van der Waals surface area contributed by atoms with E-state index in [0.29, 0.717) is 6.54 Å². The summed E-state index contributed by atoms with van der Waals surface area (Å²) < 4.78 is 5.18. The zero-order valence-electron chi connectivity index (χ0n) is 8.43.